The molecular weight excluding hydrogens is 844 g/mol. The highest BCUT2D eigenvalue weighted by molar-refractivity contribution is 7.47. The van der Waals surface area contributed by atoms with Gasteiger partial charge in [0, 0.05) is 12.8 Å². The molecule has 0 heterocycles. The number of carbonyl (C=O) groups excluding carboxylic acids is 2. The van der Waals surface area contributed by atoms with Gasteiger partial charge in [-0.2, -0.15) is 0 Å². The van der Waals surface area contributed by atoms with E-state index in [2.05, 4.69) is 50.4 Å². The third kappa shape index (κ3) is 47.3. The zero-order valence-corrected chi connectivity index (χ0v) is 45.1. The second-order valence-corrected chi connectivity index (χ2v) is 21.5. The first-order valence-corrected chi connectivity index (χ1v) is 29.3. The van der Waals surface area contributed by atoms with E-state index in [1.807, 2.05) is 33.3 Å². The number of likely N-dealkylation sites (N-methyl/N-ethyl adjacent to an activating group) is 1. The molecule has 0 bridgehead atoms. The van der Waals surface area contributed by atoms with Crippen LogP contribution in [0.25, 0.3) is 0 Å². The molecule has 3 unspecified atom stereocenters. The monoisotopic (exact) mass is 952 g/mol. The van der Waals surface area contributed by atoms with Crippen molar-refractivity contribution < 1.29 is 37.3 Å². The number of quaternary nitrogens is 1. The quantitative estimate of drug-likeness (QED) is 0.0205. The Morgan fingerprint density at radius 3 is 1.44 bits per heavy atom. The molecule has 0 aliphatic carbocycles. The standard InChI is InChI=1S/C56H107N2O7P/c1-7-10-13-16-19-22-25-28-31-33-36-39-42-45-48-55(59)57-53(52-64-66(61,62)63-51-50-58(4,5)6)54(47-44-41-38-35-32-29-26-23-20-17-14-11-8-2)65-56(60)49-46-43-40-37-34-30-27-24-21-18-15-12-9-3/h10,13,19,22,44,47,53-54H,7-9,11-12,14-18,20-21,23-43,45-46,48-52H2,1-6H3,(H-,57,59,61,62)/p+1/b13-10+,22-19+,47-44+. The van der Waals surface area contributed by atoms with Crippen LogP contribution in [-0.4, -0.2) is 74.3 Å². The number of allylic oxidation sites excluding steroid dienone is 5. The van der Waals surface area contributed by atoms with Crippen molar-refractivity contribution in [2.24, 2.45) is 0 Å². The Kier molecular flexibility index (Phi) is 45.7. The van der Waals surface area contributed by atoms with Crippen LogP contribution in [0.5, 0.6) is 0 Å². The first kappa shape index (κ1) is 64.2. The van der Waals surface area contributed by atoms with E-state index in [0.29, 0.717) is 23.9 Å². The number of unbranched alkanes of at least 4 members (excludes halogenated alkanes) is 30. The van der Waals surface area contributed by atoms with Crippen LogP contribution in [0.2, 0.25) is 0 Å². The Balaban J connectivity index is 5.40. The third-order valence-electron chi connectivity index (χ3n) is 12.3. The molecule has 0 aromatic carbocycles. The summed E-state index contributed by atoms with van der Waals surface area (Å²) in [5.74, 6) is -0.507. The zero-order valence-electron chi connectivity index (χ0n) is 44.2. The Hall–Kier alpha value is -1.77. The molecule has 0 saturated carbocycles. The van der Waals surface area contributed by atoms with Gasteiger partial charge >= 0.3 is 13.8 Å². The van der Waals surface area contributed by atoms with E-state index in [0.717, 1.165) is 83.5 Å². The summed E-state index contributed by atoms with van der Waals surface area (Å²) in [4.78, 5) is 37.5. The summed E-state index contributed by atoms with van der Waals surface area (Å²) in [6.07, 6.45) is 54.1. The maximum atomic E-state index is 13.5. The van der Waals surface area contributed by atoms with Crippen LogP contribution in [0.1, 0.15) is 258 Å². The SMILES string of the molecule is CC/C=C/C/C=C/CCCCCCCCCC(=O)NC(COP(=O)(O)OCC[N+](C)(C)C)C(/C=C/CCCCCCCCCCCCC)OC(=O)CCCCCCCCCCCCCCC. The van der Waals surface area contributed by atoms with Gasteiger partial charge in [0.1, 0.15) is 19.3 Å². The molecule has 0 saturated heterocycles. The molecule has 10 heteroatoms. The van der Waals surface area contributed by atoms with Crippen molar-refractivity contribution in [3.05, 3.63) is 36.5 Å². The first-order valence-electron chi connectivity index (χ1n) is 27.8. The van der Waals surface area contributed by atoms with E-state index < -0.39 is 20.0 Å². The second-order valence-electron chi connectivity index (χ2n) is 20.1. The minimum absolute atomic E-state index is 0.0404. The average Bonchev–Trinajstić information content (AvgIpc) is 3.27. The molecule has 1 amide bonds. The number of carbonyl (C=O) groups is 2. The summed E-state index contributed by atoms with van der Waals surface area (Å²) in [5.41, 5.74) is 0. The number of nitrogens with one attached hydrogen (secondary N) is 1. The first-order chi connectivity index (χ1) is 31.9. The van der Waals surface area contributed by atoms with E-state index in [1.54, 1.807) is 0 Å². The van der Waals surface area contributed by atoms with Crippen molar-refractivity contribution in [2.75, 3.05) is 40.9 Å². The molecule has 0 rings (SSSR count). The van der Waals surface area contributed by atoms with Gasteiger partial charge in [-0.3, -0.25) is 18.6 Å². The minimum atomic E-state index is -4.44. The average molecular weight is 952 g/mol. The van der Waals surface area contributed by atoms with Crippen LogP contribution in [0.3, 0.4) is 0 Å². The predicted molar refractivity (Wildman–Crippen MR) is 282 cm³/mol. The molecule has 9 nitrogen and oxygen atoms in total. The topological polar surface area (TPSA) is 111 Å². The normalized spacial score (nSPS) is 14.1. The van der Waals surface area contributed by atoms with Crippen LogP contribution in [0.15, 0.2) is 36.5 Å². The van der Waals surface area contributed by atoms with Crippen LogP contribution < -0.4 is 5.32 Å². The van der Waals surface area contributed by atoms with Gasteiger partial charge in [0.25, 0.3) is 0 Å². The van der Waals surface area contributed by atoms with Crippen molar-refractivity contribution in [3.63, 3.8) is 0 Å². The highest BCUT2D eigenvalue weighted by Gasteiger charge is 2.30. The summed E-state index contributed by atoms with van der Waals surface area (Å²) >= 11 is 0. The van der Waals surface area contributed by atoms with Crippen molar-refractivity contribution in [1.82, 2.24) is 5.32 Å². The van der Waals surface area contributed by atoms with Crippen LogP contribution in [-0.2, 0) is 27.9 Å². The second kappa shape index (κ2) is 46.9. The lowest BCUT2D eigenvalue weighted by Gasteiger charge is -2.27. The summed E-state index contributed by atoms with van der Waals surface area (Å²) in [7, 11) is 1.50. The lowest BCUT2D eigenvalue weighted by molar-refractivity contribution is -0.870. The number of nitrogens with zero attached hydrogens (tertiary/aromatic N) is 1. The number of hydrogen-bond acceptors (Lipinski definition) is 6. The summed E-state index contributed by atoms with van der Waals surface area (Å²) in [6, 6.07) is -0.846. The number of phosphoric ester groups is 1. The van der Waals surface area contributed by atoms with Gasteiger partial charge < -0.3 is 19.4 Å². The smallest absolute Gasteiger partial charge is 0.456 e. The maximum Gasteiger partial charge on any atom is 0.472 e. The lowest BCUT2D eigenvalue weighted by atomic mass is 10.0. The Labute approximate surface area is 408 Å². The van der Waals surface area contributed by atoms with Crippen LogP contribution in [0, 0.1) is 0 Å². The zero-order chi connectivity index (χ0) is 48.7. The van der Waals surface area contributed by atoms with Crippen molar-refractivity contribution in [1.29, 1.82) is 0 Å². The minimum Gasteiger partial charge on any atom is -0.456 e. The molecule has 388 valence electrons. The molecule has 0 aromatic heterocycles. The number of esters is 1. The van der Waals surface area contributed by atoms with Crippen LogP contribution in [0.4, 0.5) is 0 Å². The summed E-state index contributed by atoms with van der Waals surface area (Å²) < 4.78 is 30.6. The molecule has 0 fully saturated rings. The largest absolute Gasteiger partial charge is 0.472 e. The van der Waals surface area contributed by atoms with E-state index in [9.17, 15) is 19.0 Å². The Morgan fingerprint density at radius 2 is 0.970 bits per heavy atom. The number of phosphoric acid groups is 1. The van der Waals surface area contributed by atoms with Gasteiger partial charge in [-0.05, 0) is 57.4 Å². The summed E-state index contributed by atoms with van der Waals surface area (Å²) in [6.45, 7) is 6.91. The number of hydrogen-bond donors (Lipinski definition) is 2. The summed E-state index contributed by atoms with van der Waals surface area (Å²) in [5, 5.41) is 3.04. The van der Waals surface area contributed by atoms with E-state index in [1.165, 1.54) is 141 Å². The molecule has 0 aliphatic rings. The van der Waals surface area contributed by atoms with Gasteiger partial charge in [0.2, 0.25) is 5.91 Å². The maximum absolute atomic E-state index is 13.5. The Bertz CT molecular complexity index is 1230. The van der Waals surface area contributed by atoms with Gasteiger partial charge in [-0.1, -0.05) is 225 Å². The van der Waals surface area contributed by atoms with E-state index in [4.69, 9.17) is 13.8 Å². The fourth-order valence-electron chi connectivity index (χ4n) is 8.04. The lowest BCUT2D eigenvalue weighted by Crippen LogP contribution is -2.47. The number of amides is 1. The molecule has 2 N–H and O–H groups in total. The number of rotatable bonds is 50. The fraction of sp³-hybridized carbons (Fsp3) is 0.857. The van der Waals surface area contributed by atoms with E-state index in [-0.39, 0.29) is 25.1 Å². The van der Waals surface area contributed by atoms with E-state index >= 15 is 0 Å². The van der Waals surface area contributed by atoms with Crippen LogP contribution >= 0.6 is 7.82 Å². The van der Waals surface area contributed by atoms with Gasteiger partial charge in [0.15, 0.2) is 0 Å². The molecular formula is C56H108N2O7P+. The molecule has 0 spiro atoms. The molecule has 0 radical (unpaired) electrons. The predicted octanol–water partition coefficient (Wildman–Crippen LogP) is 16.4. The molecule has 0 aliphatic heterocycles. The van der Waals surface area contributed by atoms with Gasteiger partial charge in [0.05, 0.1) is 33.8 Å². The van der Waals surface area contributed by atoms with Crippen molar-refractivity contribution in [3.8, 4) is 0 Å². The van der Waals surface area contributed by atoms with Crippen molar-refractivity contribution in [2.45, 2.75) is 270 Å². The number of ether oxygens (including phenoxy) is 1. The Morgan fingerprint density at radius 1 is 0.545 bits per heavy atom. The third-order valence-corrected chi connectivity index (χ3v) is 13.3. The molecule has 3 atom stereocenters. The highest BCUT2D eigenvalue weighted by atomic mass is 31.2. The van der Waals surface area contributed by atoms with Gasteiger partial charge in [-0.15, -0.1) is 0 Å². The van der Waals surface area contributed by atoms with Gasteiger partial charge in [-0.25, -0.2) is 4.57 Å². The molecule has 66 heavy (non-hydrogen) atoms. The highest BCUT2D eigenvalue weighted by Crippen LogP contribution is 2.43. The van der Waals surface area contributed by atoms with Crippen molar-refractivity contribution >= 4 is 19.7 Å². The molecule has 0 aromatic rings. The fourth-order valence-corrected chi connectivity index (χ4v) is 8.77.